The number of anilines is 1. The summed E-state index contributed by atoms with van der Waals surface area (Å²) in [6.45, 7) is 10.6. The van der Waals surface area contributed by atoms with Gasteiger partial charge in [-0.25, -0.2) is 9.59 Å². The van der Waals surface area contributed by atoms with Crippen LogP contribution in [0.1, 0.15) is 71.3 Å². The van der Waals surface area contributed by atoms with Crippen molar-refractivity contribution in [3.8, 4) is 0 Å². The molecule has 2 fully saturated rings. The Kier molecular flexibility index (Phi) is 10.6. The summed E-state index contributed by atoms with van der Waals surface area (Å²) in [6, 6.07) is 16.5. The van der Waals surface area contributed by atoms with Gasteiger partial charge in [0, 0.05) is 54.9 Å². The van der Waals surface area contributed by atoms with Crippen molar-refractivity contribution in [1.82, 2.24) is 20.1 Å². The van der Waals surface area contributed by atoms with Gasteiger partial charge >= 0.3 is 12.0 Å². The second kappa shape index (κ2) is 14.6. The molecule has 3 heterocycles. The van der Waals surface area contributed by atoms with E-state index in [0.717, 1.165) is 54.5 Å². The molecule has 0 spiro atoms. The number of aromatic nitrogens is 1. The fraction of sp³-hybridized carbons (Fsp3) is 0.528. The van der Waals surface area contributed by atoms with Gasteiger partial charge in [0.2, 0.25) is 5.91 Å². The van der Waals surface area contributed by atoms with Gasteiger partial charge in [-0.1, -0.05) is 43.3 Å². The van der Waals surface area contributed by atoms with Crippen LogP contribution < -0.4 is 16.0 Å². The molecule has 0 saturated carbocycles. The van der Waals surface area contributed by atoms with Gasteiger partial charge in [-0.2, -0.15) is 0 Å². The molecule has 3 amide bonds. The normalized spacial score (nSPS) is 19.3. The lowest BCUT2D eigenvalue weighted by molar-refractivity contribution is -0.159. The number of benzene rings is 2. The van der Waals surface area contributed by atoms with E-state index in [9.17, 15) is 14.4 Å². The van der Waals surface area contributed by atoms with Gasteiger partial charge in [0.15, 0.2) is 0 Å². The smallest absolute Gasteiger partial charge is 0.329 e. The molecule has 0 aliphatic carbocycles. The topological polar surface area (TPSA) is 124 Å². The zero-order valence-electron chi connectivity index (χ0n) is 27.7. The summed E-state index contributed by atoms with van der Waals surface area (Å²) in [5.74, 6) is -1.18. The van der Waals surface area contributed by atoms with Crippen LogP contribution in [0.2, 0.25) is 0 Å². The quantitative estimate of drug-likeness (QED) is 0.191. The lowest BCUT2D eigenvalue weighted by Gasteiger charge is -2.39. The van der Waals surface area contributed by atoms with E-state index in [0.29, 0.717) is 32.5 Å². The summed E-state index contributed by atoms with van der Waals surface area (Å²) < 4.78 is 5.71. The standard InChI is InChI=1S/C36H50N6O4/c1-25(29-23-38-30-17-9-8-16-28(29)30)32(33(43)39-31(18-10-11-19-37)34(44)46-36(2,3)4)42-22-21-41(35(42)45)27-15-12-20-40(24-27)26-13-6-5-7-14-26/h5-9,13-14,16-17,23,25,27,31-32,38H,10-12,15,18-22,24,37H2,1-4H3,(H,39,43)/t25-,27?,31+,32+/m0/s1. The van der Waals surface area contributed by atoms with Crippen LogP contribution >= 0.6 is 0 Å². The zero-order valence-corrected chi connectivity index (χ0v) is 27.7. The Balaban J connectivity index is 1.41. The summed E-state index contributed by atoms with van der Waals surface area (Å²) in [6.07, 6.45) is 5.63. The number of urea groups is 1. The molecule has 2 aliphatic rings. The highest BCUT2D eigenvalue weighted by Crippen LogP contribution is 2.33. The Morgan fingerprint density at radius 2 is 1.78 bits per heavy atom. The number of unbranched alkanes of at least 4 members (excludes halogenated alkanes) is 1. The van der Waals surface area contributed by atoms with Gasteiger partial charge < -0.3 is 35.5 Å². The fourth-order valence-corrected chi connectivity index (χ4v) is 6.90. The number of hydrogen-bond acceptors (Lipinski definition) is 6. The predicted molar refractivity (Wildman–Crippen MR) is 182 cm³/mol. The SMILES string of the molecule is C[C@@H](c1c[nH]c2ccccc12)[C@H](C(=O)N[C@H](CCCCN)C(=O)OC(C)(C)C)N1CCN(C2CCCN(c3ccccc3)C2)C1=O. The van der Waals surface area contributed by atoms with E-state index in [1.807, 2.05) is 81.3 Å². The molecule has 0 radical (unpaired) electrons. The lowest BCUT2D eigenvalue weighted by Crippen LogP contribution is -2.56. The monoisotopic (exact) mass is 630 g/mol. The molecule has 248 valence electrons. The molecule has 4 N–H and O–H groups in total. The molecule has 1 aromatic heterocycles. The molecule has 5 rings (SSSR count). The van der Waals surface area contributed by atoms with Crippen LogP contribution in [0.5, 0.6) is 0 Å². The Labute approximate surface area is 272 Å². The van der Waals surface area contributed by atoms with E-state index in [1.54, 1.807) is 4.90 Å². The Bertz CT molecular complexity index is 1480. The second-order valence-corrected chi connectivity index (χ2v) is 13.6. The van der Waals surface area contributed by atoms with Crippen LogP contribution in [-0.2, 0) is 14.3 Å². The number of nitrogens with zero attached hydrogens (tertiary/aromatic N) is 3. The summed E-state index contributed by atoms with van der Waals surface area (Å²) in [4.78, 5) is 51.3. The maximum Gasteiger partial charge on any atom is 0.329 e. The van der Waals surface area contributed by atoms with Crippen LogP contribution in [0.15, 0.2) is 60.8 Å². The number of ether oxygens (including phenoxy) is 1. The maximum absolute atomic E-state index is 14.4. The molecule has 4 atom stereocenters. The number of carbonyl (C=O) groups excluding carboxylic acids is 3. The van der Waals surface area contributed by atoms with Crippen molar-refractivity contribution >= 4 is 34.5 Å². The number of hydrogen-bond donors (Lipinski definition) is 3. The number of nitrogens with two attached hydrogens (primary N) is 1. The van der Waals surface area contributed by atoms with Crippen molar-refractivity contribution in [3.63, 3.8) is 0 Å². The Morgan fingerprint density at radius 1 is 1.04 bits per heavy atom. The third-order valence-electron chi connectivity index (χ3n) is 9.18. The first-order valence-electron chi connectivity index (χ1n) is 16.7. The number of para-hydroxylation sites is 2. The van der Waals surface area contributed by atoms with E-state index in [2.05, 4.69) is 27.3 Å². The maximum atomic E-state index is 14.4. The van der Waals surface area contributed by atoms with Gasteiger partial charge in [0.1, 0.15) is 17.7 Å². The van der Waals surface area contributed by atoms with Crippen molar-refractivity contribution in [1.29, 1.82) is 0 Å². The zero-order chi connectivity index (χ0) is 32.8. The van der Waals surface area contributed by atoms with Crippen molar-refractivity contribution < 1.29 is 19.1 Å². The lowest BCUT2D eigenvalue weighted by atomic mass is 9.91. The number of esters is 1. The van der Waals surface area contributed by atoms with E-state index in [-0.39, 0.29) is 23.9 Å². The average molecular weight is 631 g/mol. The van der Waals surface area contributed by atoms with Crippen LogP contribution in [0.25, 0.3) is 10.9 Å². The largest absolute Gasteiger partial charge is 0.458 e. The van der Waals surface area contributed by atoms with Crippen LogP contribution in [0.4, 0.5) is 10.5 Å². The summed E-state index contributed by atoms with van der Waals surface area (Å²) in [7, 11) is 0. The average Bonchev–Trinajstić information content (AvgIpc) is 3.64. The third kappa shape index (κ3) is 7.66. The van der Waals surface area contributed by atoms with Gasteiger partial charge in [-0.05, 0) is 83.2 Å². The molecule has 3 aromatic rings. The van der Waals surface area contributed by atoms with Gasteiger partial charge in [-0.3, -0.25) is 4.79 Å². The Hall–Kier alpha value is -4.05. The first kappa shape index (κ1) is 33.3. The second-order valence-electron chi connectivity index (χ2n) is 13.6. The fourth-order valence-electron chi connectivity index (χ4n) is 6.90. The van der Waals surface area contributed by atoms with Crippen LogP contribution in [0.3, 0.4) is 0 Å². The highest BCUT2D eigenvalue weighted by atomic mass is 16.6. The van der Waals surface area contributed by atoms with Gasteiger partial charge in [0.25, 0.3) is 0 Å². The molecule has 10 heteroatoms. The predicted octanol–water partition coefficient (Wildman–Crippen LogP) is 5.00. The number of fused-ring (bicyclic) bond motifs is 1. The van der Waals surface area contributed by atoms with E-state index >= 15 is 0 Å². The van der Waals surface area contributed by atoms with Crippen LogP contribution in [0, 0.1) is 0 Å². The molecule has 2 saturated heterocycles. The van der Waals surface area contributed by atoms with Crippen molar-refractivity contribution in [2.24, 2.45) is 5.73 Å². The van der Waals surface area contributed by atoms with Crippen LogP contribution in [-0.4, -0.2) is 89.1 Å². The van der Waals surface area contributed by atoms with Gasteiger partial charge in [-0.15, -0.1) is 0 Å². The number of aromatic amines is 1. The summed E-state index contributed by atoms with van der Waals surface area (Å²) in [5, 5.41) is 4.03. The van der Waals surface area contributed by atoms with Crippen molar-refractivity contribution in [2.75, 3.05) is 37.6 Å². The van der Waals surface area contributed by atoms with Gasteiger partial charge in [0.05, 0.1) is 6.04 Å². The minimum absolute atomic E-state index is 0.0457. The first-order chi connectivity index (χ1) is 22.1. The molecular formula is C36H50N6O4. The molecular weight excluding hydrogens is 580 g/mol. The number of amides is 3. The first-order valence-corrected chi connectivity index (χ1v) is 16.7. The van der Waals surface area contributed by atoms with Crippen molar-refractivity contribution in [2.45, 2.75) is 89.4 Å². The number of H-pyrrole nitrogens is 1. The minimum Gasteiger partial charge on any atom is -0.458 e. The number of rotatable bonds is 12. The van der Waals surface area contributed by atoms with E-state index in [4.69, 9.17) is 10.5 Å². The molecule has 2 aromatic carbocycles. The summed E-state index contributed by atoms with van der Waals surface area (Å²) in [5.41, 5.74) is 8.11. The minimum atomic E-state index is -0.845. The molecule has 46 heavy (non-hydrogen) atoms. The summed E-state index contributed by atoms with van der Waals surface area (Å²) >= 11 is 0. The number of piperidine rings is 1. The van der Waals surface area contributed by atoms with Crippen molar-refractivity contribution in [3.05, 3.63) is 66.4 Å². The highest BCUT2D eigenvalue weighted by molar-refractivity contribution is 5.93. The highest BCUT2D eigenvalue weighted by Gasteiger charge is 2.44. The van der Waals surface area contributed by atoms with E-state index in [1.165, 1.54) is 0 Å². The molecule has 2 aliphatic heterocycles. The molecule has 1 unspecified atom stereocenters. The Morgan fingerprint density at radius 3 is 2.52 bits per heavy atom. The van der Waals surface area contributed by atoms with E-state index < -0.39 is 23.7 Å². The third-order valence-corrected chi connectivity index (χ3v) is 9.18. The molecule has 10 nitrogen and oxygen atoms in total. The molecule has 0 bridgehead atoms. The number of nitrogens with one attached hydrogen (secondary N) is 2. The number of carbonyl (C=O) groups is 3.